The molecule has 0 aromatic heterocycles. The molecular weight excluding hydrogens is 309 g/mol. The number of amides is 1. The molecule has 4 nitrogen and oxygen atoms in total. The van der Waals surface area contributed by atoms with Gasteiger partial charge in [0.25, 0.3) is 0 Å². The van der Waals surface area contributed by atoms with E-state index in [0.29, 0.717) is 13.1 Å². The highest BCUT2D eigenvalue weighted by molar-refractivity contribution is 5.69. The fraction of sp³-hybridized carbons (Fsp3) is 0.562. The topological polar surface area (TPSA) is 41.6 Å². The van der Waals surface area contributed by atoms with E-state index in [-0.39, 0.29) is 12.1 Å². The third-order valence-electron chi connectivity index (χ3n) is 3.50. The lowest BCUT2D eigenvalue weighted by Crippen LogP contribution is -2.50. The fourth-order valence-electron chi connectivity index (χ4n) is 2.57. The molecule has 23 heavy (non-hydrogen) atoms. The number of benzene rings is 1. The Morgan fingerprint density at radius 2 is 1.91 bits per heavy atom. The van der Waals surface area contributed by atoms with Crippen LogP contribution in [0.1, 0.15) is 37.9 Å². The number of carbonyl (C=O) groups excluding carboxylic acids is 1. The van der Waals surface area contributed by atoms with Gasteiger partial charge in [-0.25, -0.2) is 4.79 Å². The molecule has 1 aromatic carbocycles. The van der Waals surface area contributed by atoms with Gasteiger partial charge in [0.05, 0.1) is 11.6 Å². The molecule has 1 atom stereocenters. The number of carbonyl (C=O) groups is 1. The predicted octanol–water partition coefficient (Wildman–Crippen LogP) is 3.59. The third-order valence-corrected chi connectivity index (χ3v) is 3.50. The van der Waals surface area contributed by atoms with Crippen molar-refractivity contribution in [2.24, 2.45) is 0 Å². The van der Waals surface area contributed by atoms with Crippen LogP contribution in [0.2, 0.25) is 0 Å². The van der Waals surface area contributed by atoms with Crippen molar-refractivity contribution in [2.75, 3.05) is 19.6 Å². The quantitative estimate of drug-likeness (QED) is 0.856. The molecule has 0 unspecified atom stereocenters. The number of nitrogens with zero attached hydrogens (tertiary/aromatic N) is 1. The van der Waals surface area contributed by atoms with Gasteiger partial charge >= 0.3 is 12.3 Å². The Hall–Kier alpha value is -1.76. The number of hydrogen-bond acceptors (Lipinski definition) is 3. The van der Waals surface area contributed by atoms with Crippen molar-refractivity contribution < 1.29 is 22.7 Å². The van der Waals surface area contributed by atoms with Crippen LogP contribution >= 0.6 is 0 Å². The third kappa shape index (κ3) is 4.37. The lowest BCUT2D eigenvalue weighted by Gasteiger charge is -2.38. The maximum Gasteiger partial charge on any atom is 0.416 e. The van der Waals surface area contributed by atoms with Crippen LogP contribution in [-0.2, 0) is 10.9 Å². The second-order valence-corrected chi connectivity index (χ2v) is 6.48. The first-order valence-corrected chi connectivity index (χ1v) is 7.46. The molecule has 0 spiro atoms. The minimum absolute atomic E-state index is 0.0815. The van der Waals surface area contributed by atoms with Gasteiger partial charge in [0.15, 0.2) is 0 Å². The molecule has 1 aromatic rings. The van der Waals surface area contributed by atoms with Crippen LogP contribution in [0.4, 0.5) is 18.0 Å². The van der Waals surface area contributed by atoms with E-state index in [1.165, 1.54) is 17.0 Å². The summed E-state index contributed by atoms with van der Waals surface area (Å²) < 4.78 is 45.1. The van der Waals surface area contributed by atoms with Crippen molar-refractivity contribution in [3.63, 3.8) is 0 Å². The molecule has 7 heteroatoms. The lowest BCUT2D eigenvalue weighted by molar-refractivity contribution is -0.138. The van der Waals surface area contributed by atoms with Crippen LogP contribution in [0.5, 0.6) is 0 Å². The van der Waals surface area contributed by atoms with Crippen LogP contribution in [0, 0.1) is 0 Å². The summed E-state index contributed by atoms with van der Waals surface area (Å²) in [6.45, 7) is 6.26. The zero-order valence-electron chi connectivity index (χ0n) is 13.4. The number of halogens is 3. The lowest BCUT2D eigenvalue weighted by atomic mass is 9.97. The second-order valence-electron chi connectivity index (χ2n) is 6.48. The molecule has 0 saturated carbocycles. The molecule has 0 radical (unpaired) electrons. The average molecular weight is 330 g/mol. The van der Waals surface area contributed by atoms with Gasteiger partial charge < -0.3 is 10.1 Å². The highest BCUT2D eigenvalue weighted by Crippen LogP contribution is 2.37. The van der Waals surface area contributed by atoms with E-state index in [4.69, 9.17) is 4.74 Å². The second kappa shape index (κ2) is 6.39. The van der Waals surface area contributed by atoms with E-state index in [0.717, 1.165) is 6.07 Å². The molecule has 0 bridgehead atoms. The monoisotopic (exact) mass is 330 g/mol. The molecular formula is C16H21F3N2O2. The van der Waals surface area contributed by atoms with Gasteiger partial charge in [-0.3, -0.25) is 4.90 Å². The van der Waals surface area contributed by atoms with Crippen LogP contribution in [-0.4, -0.2) is 36.2 Å². The van der Waals surface area contributed by atoms with Gasteiger partial charge in [-0.05, 0) is 32.4 Å². The summed E-state index contributed by atoms with van der Waals surface area (Å²) >= 11 is 0. The molecule has 128 valence electrons. The predicted molar refractivity (Wildman–Crippen MR) is 80.0 cm³/mol. The number of hydrogen-bond donors (Lipinski definition) is 1. The maximum absolute atomic E-state index is 13.2. The fourth-order valence-corrected chi connectivity index (χ4v) is 2.57. The van der Waals surface area contributed by atoms with Gasteiger partial charge in [0.1, 0.15) is 5.60 Å². The Bertz CT molecular complexity index is 567. The van der Waals surface area contributed by atoms with Gasteiger partial charge in [0, 0.05) is 19.6 Å². The zero-order valence-corrected chi connectivity index (χ0v) is 13.4. The summed E-state index contributed by atoms with van der Waals surface area (Å²) in [5.74, 6) is 0. The van der Waals surface area contributed by atoms with E-state index < -0.39 is 29.5 Å². The van der Waals surface area contributed by atoms with Gasteiger partial charge in [-0.15, -0.1) is 0 Å². The molecule has 1 aliphatic heterocycles. The molecule has 1 heterocycles. The number of ether oxygens (including phenoxy) is 1. The SMILES string of the molecule is CC(C)(C)OC(=O)N1CCNC[C@@H]1c1ccccc1C(F)(F)F. The van der Waals surface area contributed by atoms with Gasteiger partial charge in [-0.2, -0.15) is 13.2 Å². The highest BCUT2D eigenvalue weighted by Gasteiger charge is 2.39. The maximum atomic E-state index is 13.2. The summed E-state index contributed by atoms with van der Waals surface area (Å²) in [5, 5.41) is 3.04. The number of nitrogens with one attached hydrogen (secondary N) is 1. The molecule has 1 aliphatic rings. The first-order valence-electron chi connectivity index (χ1n) is 7.46. The van der Waals surface area contributed by atoms with Crippen molar-refractivity contribution in [2.45, 2.75) is 38.6 Å². The van der Waals surface area contributed by atoms with Crippen LogP contribution in [0.25, 0.3) is 0 Å². The summed E-state index contributed by atoms with van der Waals surface area (Å²) in [5.41, 5.74) is -1.34. The average Bonchev–Trinajstić information content (AvgIpc) is 2.44. The van der Waals surface area contributed by atoms with Crippen molar-refractivity contribution in [3.8, 4) is 0 Å². The van der Waals surface area contributed by atoms with Crippen LogP contribution in [0.3, 0.4) is 0 Å². The largest absolute Gasteiger partial charge is 0.444 e. The van der Waals surface area contributed by atoms with Crippen molar-refractivity contribution in [1.29, 1.82) is 0 Å². The Morgan fingerprint density at radius 1 is 1.26 bits per heavy atom. The molecule has 2 rings (SSSR count). The van der Waals surface area contributed by atoms with Crippen molar-refractivity contribution >= 4 is 6.09 Å². The standard InChI is InChI=1S/C16H21F3N2O2/c1-15(2,3)23-14(22)21-9-8-20-10-13(21)11-6-4-5-7-12(11)16(17,18)19/h4-7,13,20H,8-10H2,1-3H3/t13-/m1/s1. The summed E-state index contributed by atoms with van der Waals surface area (Å²) in [6.07, 6.45) is -5.06. The summed E-state index contributed by atoms with van der Waals surface area (Å²) in [4.78, 5) is 13.7. The molecule has 1 N–H and O–H groups in total. The van der Waals surface area contributed by atoms with Crippen molar-refractivity contribution in [3.05, 3.63) is 35.4 Å². The molecule has 0 aliphatic carbocycles. The normalized spacial score (nSPS) is 19.6. The first kappa shape index (κ1) is 17.6. The number of rotatable bonds is 1. The van der Waals surface area contributed by atoms with Crippen LogP contribution < -0.4 is 5.32 Å². The van der Waals surface area contributed by atoms with Gasteiger partial charge in [0.2, 0.25) is 0 Å². The summed E-state index contributed by atoms with van der Waals surface area (Å²) in [7, 11) is 0. The summed E-state index contributed by atoms with van der Waals surface area (Å²) in [6, 6.07) is 4.64. The Kier molecular flexibility index (Phi) is 4.89. The minimum atomic E-state index is -4.46. The van der Waals surface area contributed by atoms with Crippen LogP contribution in [0.15, 0.2) is 24.3 Å². The molecule has 1 saturated heterocycles. The number of alkyl halides is 3. The first-order chi connectivity index (χ1) is 10.6. The zero-order chi connectivity index (χ0) is 17.3. The van der Waals surface area contributed by atoms with Crippen molar-refractivity contribution in [1.82, 2.24) is 10.2 Å². The Labute approximate surface area is 133 Å². The Morgan fingerprint density at radius 3 is 2.52 bits per heavy atom. The van der Waals surface area contributed by atoms with E-state index >= 15 is 0 Å². The Balaban J connectivity index is 2.34. The highest BCUT2D eigenvalue weighted by atomic mass is 19.4. The van der Waals surface area contributed by atoms with E-state index in [9.17, 15) is 18.0 Å². The molecule has 1 amide bonds. The van der Waals surface area contributed by atoms with E-state index in [1.807, 2.05) is 0 Å². The van der Waals surface area contributed by atoms with E-state index in [2.05, 4.69) is 5.32 Å². The smallest absolute Gasteiger partial charge is 0.416 e. The molecule has 1 fully saturated rings. The van der Waals surface area contributed by atoms with Gasteiger partial charge in [-0.1, -0.05) is 18.2 Å². The number of piperazine rings is 1. The minimum Gasteiger partial charge on any atom is -0.444 e. The van der Waals surface area contributed by atoms with E-state index in [1.54, 1.807) is 26.8 Å².